The van der Waals surface area contributed by atoms with Crippen LogP contribution in [0.2, 0.25) is 5.02 Å². The van der Waals surface area contributed by atoms with Crippen molar-refractivity contribution < 1.29 is 4.74 Å². The molecule has 0 saturated heterocycles. The number of hydrogen-bond donors (Lipinski definition) is 1. The average molecular weight is 278 g/mol. The molecule has 1 aromatic carbocycles. The smallest absolute Gasteiger partial charge is 0.168 e. The second kappa shape index (κ2) is 5.99. The first-order chi connectivity index (χ1) is 9.11. The fourth-order valence-electron chi connectivity index (χ4n) is 1.58. The summed E-state index contributed by atoms with van der Waals surface area (Å²) in [5.74, 6) is 2.12. The van der Waals surface area contributed by atoms with Crippen LogP contribution in [0.4, 0.5) is 0 Å². The molecule has 0 fully saturated rings. The van der Waals surface area contributed by atoms with E-state index < -0.39 is 0 Å². The Balaban J connectivity index is 2.33. The Morgan fingerprint density at radius 2 is 2.00 bits per heavy atom. The van der Waals surface area contributed by atoms with Crippen LogP contribution in [0.1, 0.15) is 31.3 Å². The lowest BCUT2D eigenvalue weighted by molar-refractivity contribution is 0.467. The molecule has 0 radical (unpaired) electrons. The van der Waals surface area contributed by atoms with Crippen LogP contribution in [0.15, 0.2) is 30.5 Å². The van der Waals surface area contributed by atoms with Crippen molar-refractivity contribution >= 4 is 11.6 Å². The molecule has 1 aromatic heterocycles. The van der Waals surface area contributed by atoms with E-state index in [9.17, 15) is 0 Å². The fraction of sp³-hybridized carbons (Fsp3) is 0.286. The van der Waals surface area contributed by atoms with Crippen molar-refractivity contribution in [3.8, 4) is 11.5 Å². The number of benzene rings is 1. The third-order valence-electron chi connectivity index (χ3n) is 2.61. The summed E-state index contributed by atoms with van der Waals surface area (Å²) >= 11 is 6.05. The molecule has 0 spiro atoms. The van der Waals surface area contributed by atoms with Crippen LogP contribution in [0.3, 0.4) is 0 Å². The van der Waals surface area contributed by atoms with Crippen LogP contribution in [0.25, 0.3) is 0 Å². The van der Waals surface area contributed by atoms with Crippen molar-refractivity contribution in [3.05, 3.63) is 47.0 Å². The molecule has 4 nitrogen and oxygen atoms in total. The van der Waals surface area contributed by atoms with Crippen LogP contribution in [-0.2, 0) is 6.54 Å². The maximum Gasteiger partial charge on any atom is 0.168 e. The van der Waals surface area contributed by atoms with Gasteiger partial charge in [-0.05, 0) is 12.1 Å². The molecule has 2 aromatic rings. The molecule has 19 heavy (non-hydrogen) atoms. The van der Waals surface area contributed by atoms with Crippen molar-refractivity contribution in [2.24, 2.45) is 5.73 Å². The van der Waals surface area contributed by atoms with E-state index in [0.717, 1.165) is 5.82 Å². The van der Waals surface area contributed by atoms with E-state index in [2.05, 4.69) is 9.97 Å². The minimum atomic E-state index is 0.250. The van der Waals surface area contributed by atoms with E-state index in [0.29, 0.717) is 28.8 Å². The standard InChI is InChI=1S/C14H16ClN3O/c1-9(2)14-17-8-13(11(7-16)18-14)19-12-6-4-3-5-10(12)15/h3-6,8-9H,7,16H2,1-2H3. The van der Waals surface area contributed by atoms with Crippen molar-refractivity contribution in [2.75, 3.05) is 0 Å². The summed E-state index contributed by atoms with van der Waals surface area (Å²) in [4.78, 5) is 8.69. The van der Waals surface area contributed by atoms with E-state index in [1.807, 2.05) is 26.0 Å². The summed E-state index contributed by atoms with van der Waals surface area (Å²) in [7, 11) is 0. The molecule has 0 saturated carbocycles. The molecule has 0 unspecified atom stereocenters. The van der Waals surface area contributed by atoms with Crippen LogP contribution in [0, 0.1) is 0 Å². The van der Waals surface area contributed by atoms with Gasteiger partial charge in [-0.15, -0.1) is 0 Å². The van der Waals surface area contributed by atoms with E-state index in [1.165, 1.54) is 0 Å². The van der Waals surface area contributed by atoms with Crippen LogP contribution >= 0.6 is 11.6 Å². The number of para-hydroxylation sites is 1. The molecule has 0 atom stereocenters. The quantitative estimate of drug-likeness (QED) is 0.929. The Hall–Kier alpha value is -1.65. The summed E-state index contributed by atoms with van der Waals surface area (Å²) in [6.07, 6.45) is 1.65. The Bertz CT molecular complexity index is 572. The Morgan fingerprint density at radius 1 is 1.26 bits per heavy atom. The number of aromatic nitrogens is 2. The Labute approximate surface area is 117 Å². The highest BCUT2D eigenvalue weighted by atomic mass is 35.5. The maximum atomic E-state index is 6.05. The zero-order valence-electron chi connectivity index (χ0n) is 10.9. The SMILES string of the molecule is CC(C)c1ncc(Oc2ccccc2Cl)c(CN)n1. The number of nitrogens with zero attached hydrogens (tertiary/aromatic N) is 2. The summed E-state index contributed by atoms with van der Waals surface area (Å²) < 4.78 is 5.73. The molecule has 5 heteroatoms. The lowest BCUT2D eigenvalue weighted by Crippen LogP contribution is -2.07. The summed E-state index contributed by atoms with van der Waals surface area (Å²) in [5, 5.41) is 0.540. The van der Waals surface area contributed by atoms with Gasteiger partial charge in [0.15, 0.2) is 5.75 Å². The average Bonchev–Trinajstić information content (AvgIpc) is 2.41. The van der Waals surface area contributed by atoms with Gasteiger partial charge >= 0.3 is 0 Å². The van der Waals surface area contributed by atoms with Gasteiger partial charge in [0.1, 0.15) is 17.3 Å². The largest absolute Gasteiger partial charge is 0.452 e. The Morgan fingerprint density at radius 3 is 2.63 bits per heavy atom. The minimum absolute atomic E-state index is 0.250. The van der Waals surface area contributed by atoms with Crippen molar-refractivity contribution in [1.82, 2.24) is 9.97 Å². The van der Waals surface area contributed by atoms with Gasteiger partial charge in [0.05, 0.1) is 11.2 Å². The zero-order chi connectivity index (χ0) is 13.8. The second-order valence-electron chi connectivity index (χ2n) is 4.43. The van der Waals surface area contributed by atoms with Crippen molar-refractivity contribution in [2.45, 2.75) is 26.3 Å². The van der Waals surface area contributed by atoms with Gasteiger partial charge in [-0.2, -0.15) is 0 Å². The van der Waals surface area contributed by atoms with Gasteiger partial charge in [-0.25, -0.2) is 9.97 Å². The van der Waals surface area contributed by atoms with E-state index in [4.69, 9.17) is 22.1 Å². The van der Waals surface area contributed by atoms with Crippen LogP contribution in [-0.4, -0.2) is 9.97 Å². The first-order valence-corrected chi connectivity index (χ1v) is 6.48. The molecule has 2 rings (SSSR count). The van der Waals surface area contributed by atoms with Crippen LogP contribution < -0.4 is 10.5 Å². The van der Waals surface area contributed by atoms with Crippen LogP contribution in [0.5, 0.6) is 11.5 Å². The second-order valence-corrected chi connectivity index (χ2v) is 4.84. The fourth-order valence-corrected chi connectivity index (χ4v) is 1.75. The Kier molecular flexibility index (Phi) is 4.35. The maximum absolute atomic E-state index is 6.05. The topological polar surface area (TPSA) is 61.0 Å². The van der Waals surface area contributed by atoms with E-state index in [1.54, 1.807) is 18.3 Å². The molecule has 100 valence electrons. The van der Waals surface area contributed by atoms with Crippen molar-refractivity contribution in [1.29, 1.82) is 0 Å². The lowest BCUT2D eigenvalue weighted by atomic mass is 10.2. The number of rotatable bonds is 4. The van der Waals surface area contributed by atoms with Gasteiger partial charge < -0.3 is 10.5 Å². The first-order valence-electron chi connectivity index (χ1n) is 6.10. The number of ether oxygens (including phenoxy) is 1. The van der Waals surface area contributed by atoms with Gasteiger partial charge in [0.25, 0.3) is 0 Å². The van der Waals surface area contributed by atoms with Gasteiger partial charge in [0, 0.05) is 12.5 Å². The molecule has 2 N–H and O–H groups in total. The molecule has 0 aliphatic rings. The normalized spacial score (nSPS) is 10.8. The number of hydrogen-bond acceptors (Lipinski definition) is 4. The molecular weight excluding hydrogens is 262 g/mol. The number of nitrogens with two attached hydrogens (primary N) is 1. The highest BCUT2D eigenvalue weighted by Gasteiger charge is 2.11. The van der Waals surface area contributed by atoms with Gasteiger partial charge in [0.2, 0.25) is 0 Å². The first kappa shape index (κ1) is 13.8. The molecule has 0 aliphatic heterocycles. The molecule has 0 bridgehead atoms. The molecule has 1 heterocycles. The summed E-state index contributed by atoms with van der Waals surface area (Å²) in [5.41, 5.74) is 6.39. The monoisotopic (exact) mass is 277 g/mol. The molecule has 0 aliphatic carbocycles. The third-order valence-corrected chi connectivity index (χ3v) is 2.93. The zero-order valence-corrected chi connectivity index (χ0v) is 11.7. The highest BCUT2D eigenvalue weighted by Crippen LogP contribution is 2.30. The van der Waals surface area contributed by atoms with Gasteiger partial charge in [-0.3, -0.25) is 0 Å². The molecule has 0 amide bonds. The van der Waals surface area contributed by atoms with Gasteiger partial charge in [-0.1, -0.05) is 37.6 Å². The lowest BCUT2D eigenvalue weighted by Gasteiger charge is -2.12. The minimum Gasteiger partial charge on any atom is -0.452 e. The predicted octanol–water partition coefficient (Wildman–Crippen LogP) is 3.50. The van der Waals surface area contributed by atoms with E-state index >= 15 is 0 Å². The summed E-state index contributed by atoms with van der Waals surface area (Å²) in [6, 6.07) is 7.26. The predicted molar refractivity (Wildman–Crippen MR) is 75.5 cm³/mol. The van der Waals surface area contributed by atoms with Crippen molar-refractivity contribution in [3.63, 3.8) is 0 Å². The molecular formula is C14H16ClN3O. The third kappa shape index (κ3) is 3.22. The highest BCUT2D eigenvalue weighted by molar-refractivity contribution is 6.32. The number of halogens is 1. The summed E-state index contributed by atoms with van der Waals surface area (Å²) in [6.45, 7) is 4.36. The van der Waals surface area contributed by atoms with E-state index in [-0.39, 0.29) is 5.92 Å².